The average molecular weight is 304 g/mol. The summed E-state index contributed by atoms with van der Waals surface area (Å²) in [7, 11) is 1.72. The fourth-order valence-corrected chi connectivity index (χ4v) is 3.99. The Morgan fingerprint density at radius 2 is 2.38 bits per heavy atom. The molecule has 0 spiro atoms. The molecule has 21 heavy (non-hydrogen) atoms. The number of hydrogen-bond donors (Lipinski definition) is 2. The molecule has 0 fully saturated rings. The third-order valence-electron chi connectivity index (χ3n) is 3.84. The second kappa shape index (κ2) is 6.49. The zero-order valence-electron chi connectivity index (χ0n) is 12.3. The van der Waals surface area contributed by atoms with Gasteiger partial charge in [-0.3, -0.25) is 5.10 Å². The van der Waals surface area contributed by atoms with Crippen LogP contribution in [0.4, 0.5) is 0 Å². The van der Waals surface area contributed by atoms with Crippen molar-refractivity contribution < 1.29 is 4.74 Å². The number of thioether (sulfide) groups is 1. The van der Waals surface area contributed by atoms with E-state index >= 15 is 0 Å². The summed E-state index contributed by atoms with van der Waals surface area (Å²) in [5.41, 5.74) is 2.76. The average Bonchev–Trinajstić information content (AvgIpc) is 3.02. The van der Waals surface area contributed by atoms with E-state index in [0.717, 1.165) is 30.3 Å². The predicted molar refractivity (Wildman–Crippen MR) is 83.8 cm³/mol. The van der Waals surface area contributed by atoms with Crippen molar-refractivity contribution in [3.63, 3.8) is 0 Å². The molecule has 2 aromatic rings. The van der Waals surface area contributed by atoms with E-state index < -0.39 is 0 Å². The molecular formula is C15H20N4OS. The minimum atomic E-state index is 0.333. The van der Waals surface area contributed by atoms with E-state index in [0.29, 0.717) is 11.3 Å². The van der Waals surface area contributed by atoms with Crippen molar-refractivity contribution in [2.24, 2.45) is 0 Å². The molecule has 0 saturated carbocycles. The van der Waals surface area contributed by atoms with E-state index in [2.05, 4.69) is 39.6 Å². The minimum Gasteiger partial charge on any atom is -0.497 e. The smallest absolute Gasteiger partial charge is 0.183 e. The molecule has 0 aliphatic heterocycles. The molecule has 2 N–H and O–H groups in total. The van der Waals surface area contributed by atoms with Crippen molar-refractivity contribution in [3.8, 4) is 5.75 Å². The first-order chi connectivity index (χ1) is 10.3. The molecule has 2 unspecified atom stereocenters. The quantitative estimate of drug-likeness (QED) is 0.889. The Hall–Kier alpha value is -1.53. The van der Waals surface area contributed by atoms with Crippen LogP contribution < -0.4 is 10.1 Å². The lowest BCUT2D eigenvalue weighted by Crippen LogP contribution is -2.34. The number of nitrogens with one attached hydrogen (secondary N) is 2. The molecule has 5 nitrogen and oxygen atoms in total. The highest BCUT2D eigenvalue weighted by Gasteiger charge is 2.30. The second-order valence-corrected chi connectivity index (χ2v) is 6.31. The van der Waals surface area contributed by atoms with Crippen LogP contribution >= 0.6 is 11.8 Å². The maximum Gasteiger partial charge on any atom is 0.183 e. The summed E-state index contributed by atoms with van der Waals surface area (Å²) in [6.45, 7) is 3.09. The van der Waals surface area contributed by atoms with E-state index in [4.69, 9.17) is 4.74 Å². The molecule has 2 atom stereocenters. The lowest BCUT2D eigenvalue weighted by Gasteiger charge is -2.33. The van der Waals surface area contributed by atoms with Gasteiger partial charge in [0.2, 0.25) is 0 Å². The van der Waals surface area contributed by atoms with Gasteiger partial charge in [-0.2, -0.15) is 5.10 Å². The highest BCUT2D eigenvalue weighted by molar-refractivity contribution is 7.99. The van der Waals surface area contributed by atoms with Crippen LogP contribution in [0.2, 0.25) is 0 Å². The zero-order valence-corrected chi connectivity index (χ0v) is 13.1. The SMILES string of the molecule is CCNC1c2ccc(OC)cc2CCC1Sc1ncn[nH]1. The molecule has 1 aliphatic carbocycles. The van der Waals surface area contributed by atoms with E-state index in [9.17, 15) is 0 Å². The van der Waals surface area contributed by atoms with E-state index in [1.807, 2.05) is 6.07 Å². The highest BCUT2D eigenvalue weighted by atomic mass is 32.2. The standard InChI is InChI=1S/C15H20N4OS/c1-3-16-14-12-6-5-11(20-2)8-10(12)4-7-13(14)21-15-17-9-18-19-15/h5-6,8-9,13-14,16H,3-4,7H2,1-2H3,(H,17,18,19). The van der Waals surface area contributed by atoms with E-state index in [1.54, 1.807) is 25.2 Å². The third-order valence-corrected chi connectivity index (χ3v) is 5.07. The number of aromatic amines is 1. The fourth-order valence-electron chi connectivity index (χ4n) is 2.88. The van der Waals surface area contributed by atoms with Crippen LogP contribution in [0.25, 0.3) is 0 Å². The molecule has 0 amide bonds. The van der Waals surface area contributed by atoms with Crippen LogP contribution in [-0.2, 0) is 6.42 Å². The van der Waals surface area contributed by atoms with Gasteiger partial charge < -0.3 is 10.1 Å². The monoisotopic (exact) mass is 304 g/mol. The zero-order chi connectivity index (χ0) is 14.7. The third kappa shape index (κ3) is 3.06. The number of fused-ring (bicyclic) bond motifs is 1. The van der Waals surface area contributed by atoms with Crippen molar-refractivity contribution in [3.05, 3.63) is 35.7 Å². The highest BCUT2D eigenvalue weighted by Crippen LogP contribution is 2.40. The summed E-state index contributed by atoms with van der Waals surface area (Å²) in [6, 6.07) is 6.73. The Morgan fingerprint density at radius 3 is 3.10 bits per heavy atom. The summed E-state index contributed by atoms with van der Waals surface area (Å²) < 4.78 is 5.34. The van der Waals surface area contributed by atoms with Gasteiger partial charge in [-0.25, -0.2) is 4.98 Å². The molecule has 3 rings (SSSR count). The van der Waals surface area contributed by atoms with Crippen LogP contribution in [0.5, 0.6) is 5.75 Å². The van der Waals surface area contributed by atoms with Gasteiger partial charge in [0.1, 0.15) is 12.1 Å². The predicted octanol–water partition coefficient (Wildman–Crippen LogP) is 2.57. The number of benzene rings is 1. The molecule has 1 heterocycles. The summed E-state index contributed by atoms with van der Waals surface area (Å²) in [6.07, 6.45) is 3.75. The molecule has 6 heteroatoms. The summed E-state index contributed by atoms with van der Waals surface area (Å²) in [4.78, 5) is 4.24. The van der Waals surface area contributed by atoms with Crippen molar-refractivity contribution in [1.29, 1.82) is 0 Å². The van der Waals surface area contributed by atoms with Crippen LogP contribution in [0, 0.1) is 0 Å². The molecule has 0 radical (unpaired) electrons. The van der Waals surface area contributed by atoms with Gasteiger partial charge in [0.15, 0.2) is 5.16 Å². The maximum atomic E-state index is 5.34. The first-order valence-electron chi connectivity index (χ1n) is 7.24. The Bertz CT molecular complexity index is 587. The molecule has 1 aromatic heterocycles. The van der Waals surface area contributed by atoms with Crippen LogP contribution in [0.15, 0.2) is 29.7 Å². The number of aryl methyl sites for hydroxylation is 1. The Kier molecular flexibility index (Phi) is 4.45. The van der Waals surface area contributed by atoms with E-state index in [-0.39, 0.29) is 0 Å². The van der Waals surface area contributed by atoms with Gasteiger partial charge in [0.05, 0.1) is 7.11 Å². The molecule has 112 valence electrons. The van der Waals surface area contributed by atoms with Crippen molar-refractivity contribution in [2.45, 2.75) is 36.2 Å². The number of methoxy groups -OCH3 is 1. The normalized spacial score (nSPS) is 21.0. The molecule has 0 bridgehead atoms. The van der Waals surface area contributed by atoms with Gasteiger partial charge >= 0.3 is 0 Å². The van der Waals surface area contributed by atoms with Gasteiger partial charge in [0, 0.05) is 11.3 Å². The van der Waals surface area contributed by atoms with Gasteiger partial charge in [0.25, 0.3) is 0 Å². The Labute approximate surface area is 128 Å². The lowest BCUT2D eigenvalue weighted by molar-refractivity contribution is 0.411. The molecular weight excluding hydrogens is 284 g/mol. The number of H-pyrrole nitrogens is 1. The fraction of sp³-hybridized carbons (Fsp3) is 0.467. The van der Waals surface area contributed by atoms with E-state index in [1.165, 1.54) is 11.1 Å². The number of hydrogen-bond acceptors (Lipinski definition) is 5. The van der Waals surface area contributed by atoms with Crippen molar-refractivity contribution in [1.82, 2.24) is 20.5 Å². The maximum absolute atomic E-state index is 5.34. The Morgan fingerprint density at radius 1 is 1.48 bits per heavy atom. The minimum absolute atomic E-state index is 0.333. The summed E-state index contributed by atoms with van der Waals surface area (Å²) >= 11 is 1.77. The first-order valence-corrected chi connectivity index (χ1v) is 8.12. The van der Waals surface area contributed by atoms with Gasteiger partial charge in [-0.05, 0) is 42.6 Å². The number of ether oxygens (including phenoxy) is 1. The number of nitrogens with zero attached hydrogens (tertiary/aromatic N) is 2. The lowest BCUT2D eigenvalue weighted by atomic mass is 9.87. The molecule has 0 saturated heterocycles. The topological polar surface area (TPSA) is 62.8 Å². The summed E-state index contributed by atoms with van der Waals surface area (Å²) in [5.74, 6) is 0.935. The van der Waals surface area contributed by atoms with Crippen molar-refractivity contribution in [2.75, 3.05) is 13.7 Å². The number of rotatable bonds is 5. The van der Waals surface area contributed by atoms with Crippen LogP contribution in [-0.4, -0.2) is 34.1 Å². The summed E-state index contributed by atoms with van der Waals surface area (Å²) in [5, 5.41) is 11.8. The largest absolute Gasteiger partial charge is 0.497 e. The Balaban J connectivity index is 1.86. The van der Waals surface area contributed by atoms with Gasteiger partial charge in [-0.1, -0.05) is 24.8 Å². The van der Waals surface area contributed by atoms with Crippen LogP contribution in [0.3, 0.4) is 0 Å². The number of aromatic nitrogens is 3. The van der Waals surface area contributed by atoms with Gasteiger partial charge in [-0.15, -0.1) is 0 Å². The van der Waals surface area contributed by atoms with Crippen LogP contribution in [0.1, 0.15) is 30.5 Å². The second-order valence-electron chi connectivity index (χ2n) is 5.09. The van der Waals surface area contributed by atoms with Crippen molar-refractivity contribution >= 4 is 11.8 Å². The first kappa shape index (κ1) is 14.4. The molecule has 1 aliphatic rings. The molecule has 1 aromatic carbocycles.